The molecule has 1 atom stereocenters. The summed E-state index contributed by atoms with van der Waals surface area (Å²) in [6.45, 7) is 2.74. The van der Waals surface area contributed by atoms with Gasteiger partial charge in [0.25, 0.3) is 5.91 Å². The molecule has 2 aliphatic heterocycles. The van der Waals surface area contributed by atoms with Crippen LogP contribution in [-0.4, -0.2) is 57.5 Å². The predicted molar refractivity (Wildman–Crippen MR) is 133 cm³/mol. The predicted octanol–water partition coefficient (Wildman–Crippen LogP) is 3.34. The van der Waals surface area contributed by atoms with Gasteiger partial charge in [-0.15, -0.1) is 0 Å². The lowest BCUT2D eigenvalue weighted by atomic mass is 9.96. The van der Waals surface area contributed by atoms with Crippen LogP contribution in [0, 0.1) is 0 Å². The van der Waals surface area contributed by atoms with Gasteiger partial charge >= 0.3 is 0 Å². The lowest BCUT2D eigenvalue weighted by Crippen LogP contribution is -2.16. The van der Waals surface area contributed by atoms with Gasteiger partial charge in [0.1, 0.15) is 5.82 Å². The van der Waals surface area contributed by atoms with Crippen molar-refractivity contribution in [1.82, 2.24) is 29.6 Å². The maximum atomic E-state index is 12.9. The fraction of sp³-hybridized carbons (Fsp3) is 0.308. The Balaban J connectivity index is 1.38. The Hall–Kier alpha value is -3.82. The maximum Gasteiger partial charge on any atom is 0.254 e. The SMILES string of the molecule is CN(C)Cc1nc(Nc2ccc(-c3cnc4cnccn34)c3c2C(=O)NC3)ccc1C1CCOC1. The third-order valence-corrected chi connectivity index (χ3v) is 6.67. The summed E-state index contributed by atoms with van der Waals surface area (Å²) in [4.78, 5) is 28.6. The first kappa shape index (κ1) is 21.7. The van der Waals surface area contributed by atoms with Gasteiger partial charge in [0.15, 0.2) is 5.65 Å². The Kier molecular flexibility index (Phi) is 5.43. The molecule has 0 radical (unpaired) electrons. The topological polar surface area (TPSA) is 96.7 Å². The number of nitrogens with one attached hydrogen (secondary N) is 2. The van der Waals surface area contributed by atoms with Crippen molar-refractivity contribution in [2.45, 2.75) is 25.4 Å². The van der Waals surface area contributed by atoms with Crippen molar-refractivity contribution in [3.8, 4) is 11.3 Å². The molecule has 9 nitrogen and oxygen atoms in total. The van der Waals surface area contributed by atoms with Crippen molar-refractivity contribution in [2.24, 2.45) is 0 Å². The number of rotatable bonds is 6. The lowest BCUT2D eigenvalue weighted by Gasteiger charge is -2.19. The van der Waals surface area contributed by atoms with Crippen molar-refractivity contribution in [3.63, 3.8) is 0 Å². The summed E-state index contributed by atoms with van der Waals surface area (Å²) in [6, 6.07) is 8.13. The van der Waals surface area contributed by atoms with Crippen molar-refractivity contribution in [3.05, 3.63) is 71.4 Å². The summed E-state index contributed by atoms with van der Waals surface area (Å²) in [7, 11) is 4.09. The molecule has 0 spiro atoms. The Morgan fingerprint density at radius 3 is 2.97 bits per heavy atom. The minimum absolute atomic E-state index is 0.0897. The average Bonchev–Trinajstić information content (AvgIpc) is 3.60. The highest BCUT2D eigenvalue weighted by Crippen LogP contribution is 2.36. The second-order valence-corrected chi connectivity index (χ2v) is 9.30. The highest BCUT2D eigenvalue weighted by atomic mass is 16.5. The van der Waals surface area contributed by atoms with Crippen LogP contribution in [-0.2, 0) is 17.8 Å². The van der Waals surface area contributed by atoms with E-state index >= 15 is 0 Å². The molecule has 4 aromatic rings. The molecule has 1 saturated heterocycles. The van der Waals surface area contributed by atoms with Gasteiger partial charge in [-0.1, -0.05) is 12.1 Å². The van der Waals surface area contributed by atoms with E-state index in [1.807, 2.05) is 49.1 Å². The zero-order chi connectivity index (χ0) is 23.9. The first-order valence-electron chi connectivity index (χ1n) is 11.8. The Labute approximate surface area is 203 Å². The van der Waals surface area contributed by atoms with Gasteiger partial charge in [0.2, 0.25) is 0 Å². The van der Waals surface area contributed by atoms with E-state index < -0.39 is 0 Å². The number of benzene rings is 1. The molecule has 1 amide bonds. The molecule has 0 bridgehead atoms. The molecule has 1 aromatic carbocycles. The van der Waals surface area contributed by atoms with Gasteiger partial charge in [0, 0.05) is 43.6 Å². The number of carbonyl (C=O) groups is 1. The minimum atomic E-state index is -0.0897. The Morgan fingerprint density at radius 2 is 2.14 bits per heavy atom. The second kappa shape index (κ2) is 8.75. The highest BCUT2D eigenvalue weighted by molar-refractivity contribution is 6.06. The Bertz CT molecular complexity index is 1420. The molecule has 5 heterocycles. The molecule has 178 valence electrons. The summed E-state index contributed by atoms with van der Waals surface area (Å²) in [6.07, 6.45) is 8.18. The summed E-state index contributed by atoms with van der Waals surface area (Å²) in [5.41, 5.74) is 7.28. The van der Waals surface area contributed by atoms with Gasteiger partial charge in [0.05, 0.1) is 41.6 Å². The monoisotopic (exact) mass is 469 g/mol. The van der Waals surface area contributed by atoms with Crippen molar-refractivity contribution >= 4 is 23.1 Å². The molecule has 9 heteroatoms. The fourth-order valence-corrected chi connectivity index (χ4v) is 5.03. The van der Waals surface area contributed by atoms with Gasteiger partial charge in [-0.25, -0.2) is 9.97 Å². The summed E-state index contributed by atoms with van der Waals surface area (Å²) in [5.74, 6) is 1.01. The third kappa shape index (κ3) is 3.92. The molecular formula is C26H27N7O2. The zero-order valence-corrected chi connectivity index (χ0v) is 19.8. The summed E-state index contributed by atoms with van der Waals surface area (Å²) in [5, 5.41) is 6.41. The van der Waals surface area contributed by atoms with Crippen LogP contribution in [0.3, 0.4) is 0 Å². The van der Waals surface area contributed by atoms with Crippen LogP contribution in [0.5, 0.6) is 0 Å². The van der Waals surface area contributed by atoms with Crippen molar-refractivity contribution in [2.75, 3.05) is 32.6 Å². The number of amides is 1. The molecule has 0 saturated carbocycles. The number of nitrogens with zero attached hydrogens (tertiary/aromatic N) is 5. The quantitative estimate of drug-likeness (QED) is 0.447. The van der Waals surface area contributed by atoms with E-state index in [1.54, 1.807) is 12.4 Å². The van der Waals surface area contributed by atoms with Gasteiger partial charge in [-0.05, 0) is 43.8 Å². The van der Waals surface area contributed by atoms with Crippen molar-refractivity contribution in [1.29, 1.82) is 0 Å². The number of imidazole rings is 1. The maximum absolute atomic E-state index is 12.9. The summed E-state index contributed by atoms with van der Waals surface area (Å²) < 4.78 is 7.60. The second-order valence-electron chi connectivity index (χ2n) is 9.30. The molecule has 3 aromatic heterocycles. The molecule has 2 N–H and O–H groups in total. The molecule has 2 aliphatic rings. The number of hydrogen-bond donors (Lipinski definition) is 2. The fourth-order valence-electron chi connectivity index (χ4n) is 5.03. The standard InChI is InChI=1S/C26H27N7O2/c1-32(2)14-21-17(16-7-10-35-15-16)4-6-23(31-21)30-20-5-3-18(19-11-29-26(34)25(19)20)22-12-28-24-13-27-8-9-33(22)24/h3-6,8-9,12-13,16H,7,10-11,14-15H2,1-2H3,(H,29,34)(H,30,31). The van der Waals surface area contributed by atoms with Crippen LogP contribution < -0.4 is 10.6 Å². The normalized spacial score (nSPS) is 17.2. The third-order valence-electron chi connectivity index (χ3n) is 6.67. The summed E-state index contributed by atoms with van der Waals surface area (Å²) >= 11 is 0. The molecule has 1 unspecified atom stereocenters. The van der Waals surface area contributed by atoms with Crippen LogP contribution in [0.25, 0.3) is 16.9 Å². The van der Waals surface area contributed by atoms with Crippen LogP contribution in [0.15, 0.2) is 49.1 Å². The van der Waals surface area contributed by atoms with Crippen molar-refractivity contribution < 1.29 is 9.53 Å². The van der Waals surface area contributed by atoms with Crippen LogP contribution in [0.2, 0.25) is 0 Å². The number of aromatic nitrogens is 4. The van der Waals surface area contributed by atoms with Gasteiger partial charge < -0.3 is 20.3 Å². The molecular weight excluding hydrogens is 442 g/mol. The Morgan fingerprint density at radius 1 is 1.23 bits per heavy atom. The van der Waals surface area contributed by atoms with E-state index in [0.717, 1.165) is 65.8 Å². The first-order valence-corrected chi connectivity index (χ1v) is 11.8. The molecule has 6 rings (SSSR count). The van der Waals surface area contributed by atoms with E-state index in [4.69, 9.17) is 9.72 Å². The largest absolute Gasteiger partial charge is 0.381 e. The smallest absolute Gasteiger partial charge is 0.254 e. The van der Waals surface area contributed by atoms with E-state index in [2.05, 4.69) is 31.6 Å². The van der Waals surface area contributed by atoms with E-state index in [-0.39, 0.29) is 5.91 Å². The van der Waals surface area contributed by atoms with E-state index in [1.165, 1.54) is 5.56 Å². The molecule has 1 fully saturated rings. The lowest BCUT2D eigenvalue weighted by molar-refractivity contribution is 0.0966. The van der Waals surface area contributed by atoms with Crippen LogP contribution >= 0.6 is 0 Å². The number of pyridine rings is 1. The van der Waals surface area contributed by atoms with Gasteiger partial charge in [-0.2, -0.15) is 0 Å². The number of hydrogen-bond acceptors (Lipinski definition) is 7. The number of carbonyl (C=O) groups excluding carboxylic acids is 1. The van der Waals surface area contributed by atoms with Crippen LogP contribution in [0.1, 0.15) is 39.5 Å². The number of anilines is 2. The average molecular weight is 470 g/mol. The molecule has 35 heavy (non-hydrogen) atoms. The van der Waals surface area contributed by atoms with Gasteiger partial charge in [-0.3, -0.25) is 14.2 Å². The zero-order valence-electron chi connectivity index (χ0n) is 19.8. The minimum Gasteiger partial charge on any atom is -0.381 e. The number of ether oxygens (including phenoxy) is 1. The van der Waals surface area contributed by atoms with Crippen LogP contribution in [0.4, 0.5) is 11.5 Å². The van der Waals surface area contributed by atoms with E-state index in [9.17, 15) is 4.79 Å². The highest BCUT2D eigenvalue weighted by Gasteiger charge is 2.28. The number of fused-ring (bicyclic) bond motifs is 2. The molecule has 0 aliphatic carbocycles. The van der Waals surface area contributed by atoms with E-state index in [0.29, 0.717) is 18.0 Å². The first-order chi connectivity index (χ1) is 17.1.